The van der Waals surface area contributed by atoms with Gasteiger partial charge in [-0.3, -0.25) is 4.90 Å². The monoisotopic (exact) mass is 524 g/mol. The maximum absolute atomic E-state index is 13.8. The summed E-state index contributed by atoms with van der Waals surface area (Å²) in [5.74, 6) is 1.74. The van der Waals surface area contributed by atoms with E-state index in [-0.39, 0.29) is 6.03 Å². The second kappa shape index (κ2) is 11.3. The minimum Gasteiger partial charge on any atom is -0.371 e. The van der Waals surface area contributed by atoms with E-state index in [1.54, 1.807) is 29.3 Å². The highest BCUT2D eigenvalue weighted by Gasteiger charge is 2.36. The third-order valence-electron chi connectivity index (χ3n) is 7.23. The third-order valence-corrected chi connectivity index (χ3v) is 7.64. The molecule has 2 aliphatic rings. The highest BCUT2D eigenvalue weighted by Crippen LogP contribution is 2.39. The summed E-state index contributed by atoms with van der Waals surface area (Å²) >= 11 is 1.41. The SMILES string of the molecule is CSNc1ccn(C(=O)N2CCN(Cc3ccc(C(F)(F)F)c(N4CCC(C(C)C)CC4)c3)CC2)n1. The average Bonchev–Trinajstić information content (AvgIpc) is 3.32. The summed E-state index contributed by atoms with van der Waals surface area (Å²) in [6, 6.07) is 6.12. The van der Waals surface area contributed by atoms with Gasteiger partial charge in [0.05, 0.1) is 5.56 Å². The fourth-order valence-electron chi connectivity index (χ4n) is 5.07. The number of carbonyl (C=O) groups is 1. The van der Waals surface area contributed by atoms with Crippen LogP contribution in [-0.4, -0.2) is 71.1 Å². The van der Waals surface area contributed by atoms with E-state index in [1.807, 2.05) is 11.2 Å². The zero-order chi connectivity index (χ0) is 25.9. The zero-order valence-corrected chi connectivity index (χ0v) is 21.9. The van der Waals surface area contributed by atoms with Crippen LogP contribution in [0, 0.1) is 11.8 Å². The van der Waals surface area contributed by atoms with Gasteiger partial charge >= 0.3 is 12.2 Å². The Labute approximate surface area is 215 Å². The first-order chi connectivity index (χ1) is 17.2. The van der Waals surface area contributed by atoms with Crippen LogP contribution in [0.4, 0.5) is 29.5 Å². The van der Waals surface area contributed by atoms with Crippen LogP contribution >= 0.6 is 11.9 Å². The first-order valence-electron chi connectivity index (χ1n) is 12.5. The molecule has 2 aromatic rings. The second-order valence-corrected chi connectivity index (χ2v) is 10.5. The Morgan fingerprint density at radius 2 is 1.81 bits per heavy atom. The molecule has 3 heterocycles. The van der Waals surface area contributed by atoms with Crippen LogP contribution in [0.15, 0.2) is 30.5 Å². The van der Waals surface area contributed by atoms with Gasteiger partial charge in [0, 0.05) is 70.0 Å². The van der Waals surface area contributed by atoms with E-state index >= 15 is 0 Å². The molecule has 1 N–H and O–H groups in total. The van der Waals surface area contributed by atoms with Gasteiger partial charge in [-0.15, -0.1) is 5.10 Å². The molecule has 4 rings (SSSR count). The topological polar surface area (TPSA) is 56.6 Å². The molecule has 11 heteroatoms. The smallest absolute Gasteiger partial charge is 0.371 e. The van der Waals surface area contributed by atoms with Crippen molar-refractivity contribution in [3.8, 4) is 0 Å². The molecule has 2 saturated heterocycles. The van der Waals surface area contributed by atoms with Gasteiger partial charge in [-0.2, -0.15) is 17.9 Å². The van der Waals surface area contributed by atoms with Crippen LogP contribution in [0.2, 0.25) is 0 Å². The fraction of sp³-hybridized carbons (Fsp3) is 0.600. The average molecular weight is 525 g/mol. The molecule has 1 aromatic heterocycles. The summed E-state index contributed by atoms with van der Waals surface area (Å²) in [6.45, 7) is 8.61. The molecule has 0 aliphatic carbocycles. The van der Waals surface area contributed by atoms with E-state index in [2.05, 4.69) is 28.6 Å². The van der Waals surface area contributed by atoms with Gasteiger partial charge in [-0.1, -0.05) is 31.9 Å². The molecule has 36 heavy (non-hydrogen) atoms. The van der Waals surface area contributed by atoms with Crippen molar-refractivity contribution in [1.29, 1.82) is 0 Å². The number of halogens is 3. The number of hydrogen-bond acceptors (Lipinski definition) is 6. The summed E-state index contributed by atoms with van der Waals surface area (Å²) in [4.78, 5) is 18.6. The minimum absolute atomic E-state index is 0.176. The van der Waals surface area contributed by atoms with E-state index in [0.29, 0.717) is 69.2 Å². The largest absolute Gasteiger partial charge is 0.418 e. The van der Waals surface area contributed by atoms with Crippen molar-refractivity contribution in [2.75, 3.05) is 55.1 Å². The van der Waals surface area contributed by atoms with Gasteiger partial charge < -0.3 is 14.5 Å². The molecular formula is C25H35F3N6OS. The molecule has 7 nitrogen and oxygen atoms in total. The van der Waals surface area contributed by atoms with Crippen molar-refractivity contribution in [2.45, 2.75) is 39.4 Å². The molecule has 2 aliphatic heterocycles. The number of nitrogens with zero attached hydrogens (tertiary/aromatic N) is 5. The van der Waals surface area contributed by atoms with Crippen LogP contribution in [0.3, 0.4) is 0 Å². The summed E-state index contributed by atoms with van der Waals surface area (Å²) in [5, 5.41) is 4.24. The Kier molecular flexibility index (Phi) is 8.39. The van der Waals surface area contributed by atoms with Crippen LogP contribution in [0.5, 0.6) is 0 Å². The van der Waals surface area contributed by atoms with E-state index < -0.39 is 11.7 Å². The Balaban J connectivity index is 1.39. The number of hydrogen-bond donors (Lipinski definition) is 1. The molecule has 0 radical (unpaired) electrons. The third kappa shape index (κ3) is 6.29. The molecule has 0 atom stereocenters. The van der Waals surface area contributed by atoms with Gasteiger partial charge in [0.15, 0.2) is 5.82 Å². The lowest BCUT2D eigenvalue weighted by Gasteiger charge is -2.37. The first-order valence-corrected chi connectivity index (χ1v) is 13.7. The van der Waals surface area contributed by atoms with Crippen molar-refractivity contribution in [1.82, 2.24) is 19.6 Å². The van der Waals surface area contributed by atoms with Crippen LogP contribution in [0.1, 0.15) is 37.8 Å². The van der Waals surface area contributed by atoms with E-state index in [9.17, 15) is 18.0 Å². The highest BCUT2D eigenvalue weighted by molar-refractivity contribution is 7.99. The maximum atomic E-state index is 13.8. The Morgan fingerprint density at radius 3 is 2.42 bits per heavy atom. The number of piperazine rings is 1. The van der Waals surface area contributed by atoms with Crippen molar-refractivity contribution >= 4 is 29.5 Å². The number of rotatable bonds is 6. The summed E-state index contributed by atoms with van der Waals surface area (Å²) < 4.78 is 45.8. The molecule has 1 aromatic carbocycles. The Bertz CT molecular complexity index is 1030. The molecule has 0 spiro atoms. The number of carbonyl (C=O) groups excluding carboxylic acids is 1. The number of piperidine rings is 1. The zero-order valence-electron chi connectivity index (χ0n) is 21.1. The van der Waals surface area contributed by atoms with Gasteiger partial charge in [0.2, 0.25) is 0 Å². The molecular weight excluding hydrogens is 489 g/mol. The van der Waals surface area contributed by atoms with Crippen LogP contribution in [0.25, 0.3) is 0 Å². The first kappa shape index (κ1) is 26.7. The lowest BCUT2D eigenvalue weighted by atomic mass is 9.86. The fourth-order valence-corrected chi connectivity index (χ4v) is 5.39. The number of alkyl halides is 3. The molecule has 0 saturated carbocycles. The predicted octanol–water partition coefficient (Wildman–Crippen LogP) is 5.25. The predicted molar refractivity (Wildman–Crippen MR) is 138 cm³/mol. The van der Waals surface area contributed by atoms with Crippen molar-refractivity contribution in [3.63, 3.8) is 0 Å². The van der Waals surface area contributed by atoms with Crippen molar-refractivity contribution < 1.29 is 18.0 Å². The molecule has 198 valence electrons. The van der Waals surface area contributed by atoms with Crippen LogP contribution < -0.4 is 9.62 Å². The maximum Gasteiger partial charge on any atom is 0.418 e. The molecule has 0 unspecified atom stereocenters. The normalized spacial score (nSPS) is 18.2. The summed E-state index contributed by atoms with van der Waals surface area (Å²) in [5.41, 5.74) is 0.604. The molecule has 1 amide bonds. The number of anilines is 2. The van der Waals surface area contributed by atoms with Gasteiger partial charge in [0.1, 0.15) is 0 Å². The Hall–Kier alpha value is -2.40. The van der Waals surface area contributed by atoms with Crippen LogP contribution in [-0.2, 0) is 12.7 Å². The van der Waals surface area contributed by atoms with E-state index in [4.69, 9.17) is 0 Å². The van der Waals surface area contributed by atoms with E-state index in [1.165, 1.54) is 22.7 Å². The van der Waals surface area contributed by atoms with Gasteiger partial charge in [0.25, 0.3) is 0 Å². The van der Waals surface area contributed by atoms with E-state index in [0.717, 1.165) is 18.4 Å². The van der Waals surface area contributed by atoms with Gasteiger partial charge in [-0.25, -0.2) is 4.79 Å². The molecule has 2 fully saturated rings. The lowest BCUT2D eigenvalue weighted by molar-refractivity contribution is -0.137. The highest BCUT2D eigenvalue weighted by atomic mass is 32.2. The lowest BCUT2D eigenvalue weighted by Crippen LogP contribution is -2.49. The quantitative estimate of drug-likeness (QED) is 0.521. The van der Waals surface area contributed by atoms with Crippen molar-refractivity contribution in [2.24, 2.45) is 11.8 Å². The number of aromatic nitrogens is 2. The number of nitrogens with one attached hydrogen (secondary N) is 1. The molecule has 0 bridgehead atoms. The minimum atomic E-state index is -4.38. The van der Waals surface area contributed by atoms with Crippen molar-refractivity contribution in [3.05, 3.63) is 41.6 Å². The number of amides is 1. The Morgan fingerprint density at radius 1 is 1.11 bits per heavy atom. The van der Waals surface area contributed by atoms with Gasteiger partial charge in [-0.05, 0) is 42.4 Å². The second-order valence-electron chi connectivity index (χ2n) is 9.92. The summed E-state index contributed by atoms with van der Waals surface area (Å²) in [6.07, 6.45) is 0.975. The standard InChI is InChI=1S/C25H35F3N6OS/c1-18(2)20-6-9-32(10-7-20)22-16-19(4-5-21(22)25(26,27)28)17-31-12-14-33(15-13-31)24(35)34-11-8-23(29-34)30-36-3/h4-5,8,11,16,18,20H,6-7,9-10,12-15,17H2,1-3H3,(H,29,30). The number of benzene rings is 1. The summed E-state index contributed by atoms with van der Waals surface area (Å²) in [7, 11) is 0.